The highest BCUT2D eigenvalue weighted by atomic mass is 16.6. The first-order chi connectivity index (χ1) is 20.3. The molecule has 0 spiro atoms. The average molecular weight is 576 g/mol. The maximum atomic E-state index is 13.5. The fraction of sp³-hybridized carbons (Fsp3) is 0.452. The van der Waals surface area contributed by atoms with E-state index in [2.05, 4.69) is 29.3 Å². The smallest absolute Gasteiger partial charge is 0.343 e. The van der Waals surface area contributed by atoms with Crippen LogP contribution in [0.5, 0.6) is 0 Å². The van der Waals surface area contributed by atoms with E-state index in [4.69, 9.17) is 14.6 Å². The number of carbonyl (C=O) groups excluding carboxylic acids is 2. The number of ether oxygens (including phenoxy) is 1. The van der Waals surface area contributed by atoms with E-state index in [-0.39, 0.29) is 48.8 Å². The Morgan fingerprint density at radius 3 is 2.81 bits per heavy atom. The van der Waals surface area contributed by atoms with Crippen molar-refractivity contribution >= 4 is 29.0 Å². The molecule has 3 aromatic rings. The second kappa shape index (κ2) is 12.4. The highest BCUT2D eigenvalue weighted by Crippen LogP contribution is 2.39. The van der Waals surface area contributed by atoms with Crippen LogP contribution in [-0.2, 0) is 37.9 Å². The number of aliphatic hydroxyl groups is 1. The van der Waals surface area contributed by atoms with Crippen LogP contribution in [0.25, 0.3) is 22.3 Å². The second-order valence-corrected chi connectivity index (χ2v) is 10.8. The molecule has 1 aromatic carbocycles. The number of aromatic nitrogens is 2. The number of esters is 1. The molecule has 0 bridgehead atoms. The molecule has 11 heteroatoms. The van der Waals surface area contributed by atoms with Gasteiger partial charge in [-0.2, -0.15) is 0 Å². The summed E-state index contributed by atoms with van der Waals surface area (Å²) < 4.78 is 6.74. The monoisotopic (exact) mass is 575 g/mol. The molecule has 2 N–H and O–H groups in total. The Hall–Kier alpha value is -4.09. The normalized spacial score (nSPS) is 17.3. The van der Waals surface area contributed by atoms with Crippen LogP contribution >= 0.6 is 0 Å². The van der Waals surface area contributed by atoms with Gasteiger partial charge < -0.3 is 29.5 Å². The first-order valence-corrected chi connectivity index (χ1v) is 14.5. The zero-order valence-electron chi connectivity index (χ0n) is 24.3. The number of pyridine rings is 2. The van der Waals surface area contributed by atoms with Crippen LogP contribution in [0.3, 0.4) is 0 Å². The number of oxime groups is 1. The molecule has 42 heavy (non-hydrogen) atoms. The maximum Gasteiger partial charge on any atom is 0.343 e. The van der Waals surface area contributed by atoms with Crippen molar-refractivity contribution < 1.29 is 24.3 Å². The molecule has 0 unspecified atom stereocenters. The number of para-hydroxylation sites is 1. The van der Waals surface area contributed by atoms with Gasteiger partial charge in [0.05, 0.1) is 35.2 Å². The third-order valence-electron chi connectivity index (χ3n) is 8.02. The molecule has 2 aliphatic rings. The van der Waals surface area contributed by atoms with E-state index >= 15 is 0 Å². The number of unbranched alkanes of at least 4 members (excludes halogenated alkanes) is 1. The number of nitrogens with one attached hydrogen (secondary N) is 1. The van der Waals surface area contributed by atoms with Crippen LogP contribution in [0.1, 0.15) is 61.8 Å². The van der Waals surface area contributed by atoms with Gasteiger partial charge in [-0.1, -0.05) is 43.6 Å². The van der Waals surface area contributed by atoms with Crippen LogP contribution in [0.4, 0.5) is 0 Å². The number of fused-ring (bicyclic) bond motifs is 5. The van der Waals surface area contributed by atoms with Gasteiger partial charge in [0.1, 0.15) is 6.61 Å². The summed E-state index contributed by atoms with van der Waals surface area (Å²) in [6.45, 7) is 6.17. The van der Waals surface area contributed by atoms with Crippen molar-refractivity contribution in [3.63, 3.8) is 0 Å². The Morgan fingerprint density at radius 2 is 2.02 bits per heavy atom. The van der Waals surface area contributed by atoms with Crippen LogP contribution in [0.15, 0.2) is 40.3 Å². The van der Waals surface area contributed by atoms with E-state index < -0.39 is 11.6 Å². The minimum atomic E-state index is -1.90. The number of carbonyl (C=O) groups is 2. The summed E-state index contributed by atoms with van der Waals surface area (Å²) in [7, 11) is 2.08. The Kier molecular flexibility index (Phi) is 8.69. The number of rotatable bonds is 12. The summed E-state index contributed by atoms with van der Waals surface area (Å²) in [4.78, 5) is 50.7. The molecular weight excluding hydrogens is 538 g/mol. The Bertz CT molecular complexity index is 1600. The average Bonchev–Trinajstić information content (AvgIpc) is 3.36. The predicted octanol–water partition coefficient (Wildman–Crippen LogP) is 2.67. The number of hydrogen-bond acceptors (Lipinski definition) is 9. The lowest BCUT2D eigenvalue weighted by Gasteiger charge is -2.31. The molecule has 0 fully saturated rings. The molecule has 2 aromatic heterocycles. The van der Waals surface area contributed by atoms with E-state index in [0.717, 1.165) is 43.3 Å². The number of cyclic esters (lactones) is 1. The van der Waals surface area contributed by atoms with E-state index in [1.165, 1.54) is 0 Å². The third-order valence-corrected chi connectivity index (χ3v) is 8.02. The fourth-order valence-corrected chi connectivity index (χ4v) is 5.56. The zero-order valence-corrected chi connectivity index (χ0v) is 24.3. The lowest BCUT2D eigenvalue weighted by Crippen LogP contribution is -2.44. The fourth-order valence-electron chi connectivity index (χ4n) is 5.56. The van der Waals surface area contributed by atoms with Crippen LogP contribution in [0, 0.1) is 0 Å². The van der Waals surface area contributed by atoms with Gasteiger partial charge >= 0.3 is 5.97 Å². The van der Waals surface area contributed by atoms with E-state index in [1.54, 1.807) is 23.8 Å². The van der Waals surface area contributed by atoms with Crippen molar-refractivity contribution in [2.75, 3.05) is 33.3 Å². The van der Waals surface area contributed by atoms with Crippen molar-refractivity contribution in [2.24, 2.45) is 5.16 Å². The van der Waals surface area contributed by atoms with Crippen molar-refractivity contribution in [3.05, 3.63) is 62.9 Å². The summed E-state index contributed by atoms with van der Waals surface area (Å²) in [6, 6.07) is 9.20. The van der Waals surface area contributed by atoms with Crippen LogP contribution in [-0.4, -0.2) is 70.9 Å². The summed E-state index contributed by atoms with van der Waals surface area (Å²) in [5, 5.41) is 18.9. The molecule has 1 amide bonds. The number of benzene rings is 1. The molecule has 1 atom stereocenters. The summed E-state index contributed by atoms with van der Waals surface area (Å²) in [5.74, 6) is -1.02. The summed E-state index contributed by atoms with van der Waals surface area (Å²) >= 11 is 0. The van der Waals surface area contributed by atoms with Crippen molar-refractivity contribution in [3.8, 4) is 11.4 Å². The van der Waals surface area contributed by atoms with Gasteiger partial charge in [-0.15, -0.1) is 0 Å². The minimum absolute atomic E-state index is 0.0680. The maximum absolute atomic E-state index is 13.5. The lowest BCUT2D eigenvalue weighted by molar-refractivity contribution is -0.172. The molecule has 0 aliphatic carbocycles. The summed E-state index contributed by atoms with van der Waals surface area (Å²) in [6.07, 6.45) is 4.78. The predicted molar refractivity (Wildman–Crippen MR) is 158 cm³/mol. The minimum Gasteiger partial charge on any atom is -0.458 e. The highest BCUT2D eigenvalue weighted by Gasteiger charge is 2.45. The topological polar surface area (TPSA) is 135 Å². The molecule has 222 valence electrons. The summed E-state index contributed by atoms with van der Waals surface area (Å²) in [5.41, 5.74) is 1.51. The van der Waals surface area contributed by atoms with Gasteiger partial charge in [-0.05, 0) is 51.5 Å². The Morgan fingerprint density at radius 1 is 1.24 bits per heavy atom. The number of nitrogens with zero attached hydrogens (tertiary/aromatic N) is 4. The second-order valence-electron chi connectivity index (χ2n) is 10.8. The zero-order chi connectivity index (χ0) is 29.9. The number of amides is 1. The van der Waals surface area contributed by atoms with Crippen LogP contribution < -0.4 is 10.9 Å². The molecule has 0 saturated heterocycles. The van der Waals surface area contributed by atoms with Gasteiger partial charge in [0.15, 0.2) is 12.2 Å². The standard InChI is InChI=1S/C31H37N5O6/c1-4-6-13-35(3)14-9-12-32-27(37)19-42-33-16-21-20-10-7-8-11-25(20)34-28-22(21)17-36-26(28)15-24-23(29(36)38)18-41-30(39)31(24,40)5-2/h7-8,10-11,15-16,40H,4-6,9,12-14,17-19H2,1-3H3,(H,32,37)/b33-16+/t31-/m0/s1. The highest BCUT2D eigenvalue weighted by molar-refractivity contribution is 6.02. The Labute approximate surface area is 244 Å². The van der Waals surface area contributed by atoms with Gasteiger partial charge in [0.2, 0.25) is 0 Å². The Balaban J connectivity index is 1.35. The molecular formula is C31H37N5O6. The number of hydrogen-bond donors (Lipinski definition) is 2. The first-order valence-electron chi connectivity index (χ1n) is 14.5. The lowest BCUT2D eigenvalue weighted by atomic mass is 9.86. The molecule has 2 aliphatic heterocycles. The van der Waals surface area contributed by atoms with E-state index in [0.29, 0.717) is 29.0 Å². The molecule has 0 radical (unpaired) electrons. The van der Waals surface area contributed by atoms with Gasteiger partial charge in [0.25, 0.3) is 11.5 Å². The van der Waals surface area contributed by atoms with Crippen molar-refractivity contribution in [1.29, 1.82) is 0 Å². The quantitative estimate of drug-likeness (QED) is 0.114. The van der Waals surface area contributed by atoms with Gasteiger partial charge in [-0.25, -0.2) is 9.78 Å². The molecule has 5 rings (SSSR count). The first kappa shape index (κ1) is 29.4. The van der Waals surface area contributed by atoms with Crippen molar-refractivity contribution in [1.82, 2.24) is 19.8 Å². The van der Waals surface area contributed by atoms with E-state index in [9.17, 15) is 19.5 Å². The van der Waals surface area contributed by atoms with Gasteiger partial charge in [-0.3, -0.25) is 9.59 Å². The third kappa shape index (κ3) is 5.54. The SMILES string of the molecule is CCCCN(C)CCCNC(=O)CO/N=C/c1c2c(nc3ccccc13)-c1cc3c(c(=O)n1C2)COC(=O)[C@]3(O)CC. The van der Waals surface area contributed by atoms with Crippen molar-refractivity contribution in [2.45, 2.75) is 58.3 Å². The molecule has 0 saturated carbocycles. The molecule has 4 heterocycles. The van der Waals surface area contributed by atoms with Gasteiger partial charge in [0, 0.05) is 28.6 Å². The van der Waals surface area contributed by atoms with E-state index in [1.807, 2.05) is 24.3 Å². The van der Waals surface area contributed by atoms with Crippen LogP contribution in [0.2, 0.25) is 0 Å². The largest absolute Gasteiger partial charge is 0.458 e. The molecule has 11 nitrogen and oxygen atoms in total.